The van der Waals surface area contributed by atoms with Crippen molar-refractivity contribution in [2.24, 2.45) is 0 Å². The van der Waals surface area contributed by atoms with E-state index in [2.05, 4.69) is 15.3 Å². The molecular formula is C23H24F3N5O2S. The highest BCUT2D eigenvalue weighted by Crippen LogP contribution is 2.46. The third-order valence-electron chi connectivity index (χ3n) is 6.47. The number of aromatic nitrogens is 3. The number of nitrogens with one attached hydrogen (secondary N) is 1. The number of amides is 2. The van der Waals surface area contributed by atoms with Gasteiger partial charge in [-0.1, -0.05) is 41.7 Å². The Bertz CT molecular complexity index is 1300. The van der Waals surface area contributed by atoms with E-state index < -0.39 is 29.6 Å². The van der Waals surface area contributed by atoms with Crippen molar-refractivity contribution in [1.82, 2.24) is 24.8 Å². The first-order chi connectivity index (χ1) is 16.1. The van der Waals surface area contributed by atoms with E-state index in [9.17, 15) is 22.8 Å². The molecule has 2 fully saturated rings. The lowest BCUT2D eigenvalue weighted by molar-refractivity contribution is -0.148. The van der Waals surface area contributed by atoms with Crippen molar-refractivity contribution in [3.63, 3.8) is 0 Å². The van der Waals surface area contributed by atoms with Crippen molar-refractivity contribution in [1.29, 1.82) is 0 Å². The quantitative estimate of drug-likeness (QED) is 0.558. The average Bonchev–Trinajstić information content (AvgIpc) is 3.20. The standard InChI is InChI=1S/C23H24F3N5O2S/c1-13(2)31-19(32)16-18(28-20(31)23(24,25)26)34-17(27-16)15-9-6-12-30(15)21(33)29-22(10-11-22)14-7-4-3-5-8-14/h3-5,7-8,13,15H,6,9-12H2,1-2H3,(H,29,33). The molecule has 1 saturated carbocycles. The highest BCUT2D eigenvalue weighted by atomic mass is 32.1. The van der Waals surface area contributed by atoms with Crippen LogP contribution in [0.5, 0.6) is 0 Å². The molecule has 3 heterocycles. The van der Waals surface area contributed by atoms with Gasteiger partial charge in [0.25, 0.3) is 5.56 Å². The minimum absolute atomic E-state index is 0.0561. The number of alkyl halides is 3. The van der Waals surface area contributed by atoms with Gasteiger partial charge in [0.05, 0.1) is 11.6 Å². The highest BCUT2D eigenvalue weighted by Gasteiger charge is 2.47. The van der Waals surface area contributed by atoms with Gasteiger partial charge in [-0.15, -0.1) is 0 Å². The fourth-order valence-corrected chi connectivity index (χ4v) is 5.71. The third kappa shape index (κ3) is 3.85. The zero-order valence-corrected chi connectivity index (χ0v) is 19.5. The first-order valence-electron chi connectivity index (χ1n) is 11.3. The Balaban J connectivity index is 1.47. The Hall–Kier alpha value is -2.95. The summed E-state index contributed by atoms with van der Waals surface area (Å²) in [6, 6.07) is 8.42. The Morgan fingerprint density at radius 2 is 1.91 bits per heavy atom. The van der Waals surface area contributed by atoms with Crippen LogP contribution in [0.4, 0.5) is 18.0 Å². The van der Waals surface area contributed by atoms with E-state index in [4.69, 9.17) is 0 Å². The van der Waals surface area contributed by atoms with Crippen LogP contribution >= 0.6 is 11.3 Å². The number of nitrogens with zero attached hydrogens (tertiary/aromatic N) is 4. The maximum absolute atomic E-state index is 13.6. The molecule has 1 N–H and O–H groups in total. The largest absolute Gasteiger partial charge is 0.449 e. The van der Waals surface area contributed by atoms with Gasteiger partial charge in [0.15, 0.2) is 10.3 Å². The number of hydrogen-bond donors (Lipinski definition) is 1. The normalized spacial score (nSPS) is 19.7. The van der Waals surface area contributed by atoms with E-state index in [1.165, 1.54) is 13.8 Å². The summed E-state index contributed by atoms with van der Waals surface area (Å²) in [7, 11) is 0. The van der Waals surface area contributed by atoms with Crippen molar-refractivity contribution in [2.45, 2.75) is 63.3 Å². The fourth-order valence-electron chi connectivity index (χ4n) is 4.64. The number of thiazole rings is 1. The number of carbonyl (C=O) groups is 1. The van der Waals surface area contributed by atoms with Crippen LogP contribution in [0.3, 0.4) is 0 Å². The number of carbonyl (C=O) groups excluding carboxylic acids is 1. The molecule has 2 amide bonds. The molecule has 180 valence electrons. The molecule has 2 aromatic heterocycles. The molecule has 3 aromatic rings. The molecule has 1 aliphatic carbocycles. The molecule has 2 aliphatic rings. The van der Waals surface area contributed by atoms with Crippen molar-refractivity contribution in [2.75, 3.05) is 6.54 Å². The predicted octanol–water partition coefficient (Wildman–Crippen LogP) is 4.99. The molecule has 1 saturated heterocycles. The molecule has 34 heavy (non-hydrogen) atoms. The molecule has 1 aliphatic heterocycles. The summed E-state index contributed by atoms with van der Waals surface area (Å²) in [6.07, 6.45) is -1.71. The minimum Gasteiger partial charge on any atom is -0.328 e. The van der Waals surface area contributed by atoms with E-state index in [0.29, 0.717) is 22.5 Å². The first-order valence-corrected chi connectivity index (χ1v) is 12.1. The number of likely N-dealkylation sites (tertiary alicyclic amines) is 1. The number of benzene rings is 1. The predicted molar refractivity (Wildman–Crippen MR) is 122 cm³/mol. The van der Waals surface area contributed by atoms with Crippen LogP contribution in [0.15, 0.2) is 35.1 Å². The average molecular weight is 492 g/mol. The summed E-state index contributed by atoms with van der Waals surface area (Å²) >= 11 is 0.953. The molecule has 7 nitrogen and oxygen atoms in total. The third-order valence-corrected chi connectivity index (χ3v) is 7.52. The topological polar surface area (TPSA) is 80.1 Å². The smallest absolute Gasteiger partial charge is 0.328 e. The molecule has 0 radical (unpaired) electrons. The molecule has 0 bridgehead atoms. The number of halogens is 3. The van der Waals surface area contributed by atoms with Crippen molar-refractivity contribution in [3.05, 3.63) is 57.1 Å². The van der Waals surface area contributed by atoms with Crippen LogP contribution in [0.2, 0.25) is 0 Å². The van der Waals surface area contributed by atoms with E-state index in [-0.39, 0.29) is 21.9 Å². The Kier molecular flexibility index (Phi) is 5.42. The Morgan fingerprint density at radius 1 is 1.21 bits per heavy atom. The summed E-state index contributed by atoms with van der Waals surface area (Å²) in [5.41, 5.74) is -0.230. The van der Waals surface area contributed by atoms with Crippen molar-refractivity contribution < 1.29 is 18.0 Å². The highest BCUT2D eigenvalue weighted by molar-refractivity contribution is 7.18. The van der Waals surface area contributed by atoms with Crippen molar-refractivity contribution in [3.8, 4) is 0 Å². The second kappa shape index (κ2) is 8.07. The summed E-state index contributed by atoms with van der Waals surface area (Å²) < 4.78 is 41.4. The maximum Gasteiger partial charge on any atom is 0.449 e. The van der Waals surface area contributed by atoms with Gasteiger partial charge in [0.1, 0.15) is 5.01 Å². The Morgan fingerprint density at radius 3 is 2.53 bits per heavy atom. The SMILES string of the molecule is CC(C)n1c(C(F)(F)F)nc2sc(C3CCCN3C(=O)NC3(c4ccccc4)CC3)nc2c1=O. The van der Waals surface area contributed by atoms with Crippen LogP contribution in [-0.4, -0.2) is 32.0 Å². The van der Waals surface area contributed by atoms with E-state index in [1.54, 1.807) is 4.90 Å². The van der Waals surface area contributed by atoms with Crippen LogP contribution in [0.25, 0.3) is 10.3 Å². The van der Waals surface area contributed by atoms with Crippen LogP contribution in [0.1, 0.15) is 68.0 Å². The lowest BCUT2D eigenvalue weighted by Crippen LogP contribution is -2.44. The van der Waals surface area contributed by atoms with Crippen LogP contribution < -0.4 is 10.9 Å². The van der Waals surface area contributed by atoms with Crippen LogP contribution in [-0.2, 0) is 11.7 Å². The number of hydrogen-bond acceptors (Lipinski definition) is 5. The van der Waals surface area contributed by atoms with Gasteiger partial charge in [-0.25, -0.2) is 14.8 Å². The summed E-state index contributed by atoms with van der Waals surface area (Å²) in [4.78, 5) is 35.9. The zero-order chi connectivity index (χ0) is 24.3. The van der Waals surface area contributed by atoms with E-state index in [0.717, 1.165) is 36.2 Å². The van der Waals surface area contributed by atoms with Crippen molar-refractivity contribution >= 4 is 27.7 Å². The zero-order valence-electron chi connectivity index (χ0n) is 18.7. The summed E-state index contributed by atoms with van der Waals surface area (Å²) in [6.45, 7) is 3.51. The second-order valence-corrected chi connectivity index (χ2v) is 10.1. The fraction of sp³-hybridized carbons (Fsp3) is 0.478. The van der Waals surface area contributed by atoms with Gasteiger partial charge in [-0.2, -0.15) is 13.2 Å². The summed E-state index contributed by atoms with van der Waals surface area (Å²) in [5, 5.41) is 3.59. The van der Waals surface area contributed by atoms with Gasteiger partial charge in [-0.05, 0) is 45.1 Å². The molecule has 11 heteroatoms. The lowest BCUT2D eigenvalue weighted by Gasteiger charge is -2.27. The van der Waals surface area contributed by atoms with Gasteiger partial charge >= 0.3 is 12.2 Å². The molecule has 1 atom stereocenters. The second-order valence-electron chi connectivity index (χ2n) is 9.14. The molecule has 1 aromatic carbocycles. The van der Waals surface area contributed by atoms with Gasteiger partial charge < -0.3 is 10.2 Å². The molecule has 5 rings (SSSR count). The number of rotatable bonds is 4. The number of urea groups is 1. The van der Waals surface area contributed by atoms with Crippen LogP contribution in [0, 0.1) is 0 Å². The molecular weight excluding hydrogens is 467 g/mol. The van der Waals surface area contributed by atoms with Gasteiger partial charge in [0.2, 0.25) is 5.82 Å². The molecule has 1 unspecified atom stereocenters. The molecule has 0 spiro atoms. The number of fused-ring (bicyclic) bond motifs is 1. The summed E-state index contributed by atoms with van der Waals surface area (Å²) in [5.74, 6) is -1.23. The van der Waals surface area contributed by atoms with E-state index >= 15 is 0 Å². The lowest BCUT2D eigenvalue weighted by atomic mass is 10.1. The van der Waals surface area contributed by atoms with Gasteiger partial charge in [0, 0.05) is 12.6 Å². The minimum atomic E-state index is -4.77. The first kappa shape index (κ1) is 22.8. The monoisotopic (exact) mass is 491 g/mol. The Labute approximate surface area is 197 Å². The maximum atomic E-state index is 13.6. The van der Waals surface area contributed by atoms with E-state index in [1.807, 2.05) is 30.3 Å². The van der Waals surface area contributed by atoms with Gasteiger partial charge in [-0.3, -0.25) is 9.36 Å².